The molecule has 2 rings (SSSR count). The SMILES string of the molecule is CCOc1nc(NN)nc(NC(C)C(=O)NC2CC2)n1. The van der Waals surface area contributed by atoms with E-state index >= 15 is 0 Å². The van der Waals surface area contributed by atoms with E-state index in [1.165, 1.54) is 0 Å². The van der Waals surface area contributed by atoms with Crippen molar-refractivity contribution in [1.29, 1.82) is 0 Å². The first-order chi connectivity index (χ1) is 9.62. The number of nitrogens with zero attached hydrogens (tertiary/aromatic N) is 3. The fraction of sp³-hybridized carbons (Fsp3) is 0.636. The third-order valence-electron chi connectivity index (χ3n) is 2.68. The number of aromatic nitrogens is 3. The van der Waals surface area contributed by atoms with Gasteiger partial charge in [-0.1, -0.05) is 0 Å². The number of hydrazine groups is 1. The number of rotatable bonds is 7. The molecule has 0 saturated heterocycles. The van der Waals surface area contributed by atoms with E-state index in [1.54, 1.807) is 6.92 Å². The molecule has 0 aromatic carbocycles. The van der Waals surface area contributed by atoms with Gasteiger partial charge in [0.25, 0.3) is 0 Å². The molecule has 110 valence electrons. The second kappa shape index (κ2) is 6.33. The second-order valence-corrected chi connectivity index (χ2v) is 4.49. The summed E-state index contributed by atoms with van der Waals surface area (Å²) in [5.41, 5.74) is 2.33. The van der Waals surface area contributed by atoms with Gasteiger partial charge in [0.05, 0.1) is 6.61 Å². The predicted octanol–water partition coefficient (Wildman–Crippen LogP) is -0.365. The summed E-state index contributed by atoms with van der Waals surface area (Å²) in [5.74, 6) is 5.59. The van der Waals surface area contributed by atoms with Gasteiger partial charge in [-0.05, 0) is 26.7 Å². The molecule has 5 N–H and O–H groups in total. The lowest BCUT2D eigenvalue weighted by Gasteiger charge is -2.14. The fourth-order valence-corrected chi connectivity index (χ4v) is 1.49. The van der Waals surface area contributed by atoms with E-state index in [0.29, 0.717) is 12.6 Å². The highest BCUT2D eigenvalue weighted by molar-refractivity contribution is 5.84. The molecule has 1 aromatic rings. The Morgan fingerprint density at radius 2 is 2.10 bits per heavy atom. The Morgan fingerprint density at radius 3 is 2.70 bits per heavy atom. The van der Waals surface area contributed by atoms with E-state index < -0.39 is 6.04 Å². The van der Waals surface area contributed by atoms with E-state index in [4.69, 9.17) is 10.6 Å². The monoisotopic (exact) mass is 281 g/mol. The van der Waals surface area contributed by atoms with Crippen LogP contribution in [0.4, 0.5) is 11.9 Å². The van der Waals surface area contributed by atoms with Crippen LogP contribution in [0.15, 0.2) is 0 Å². The Morgan fingerprint density at radius 1 is 1.40 bits per heavy atom. The Hall–Kier alpha value is -2.16. The van der Waals surface area contributed by atoms with Gasteiger partial charge in [-0.3, -0.25) is 10.2 Å². The molecule has 1 amide bonds. The average molecular weight is 281 g/mol. The molecule has 1 unspecified atom stereocenters. The molecule has 0 spiro atoms. The van der Waals surface area contributed by atoms with E-state index in [2.05, 4.69) is 31.0 Å². The number of carbonyl (C=O) groups excluding carboxylic acids is 1. The van der Waals surface area contributed by atoms with Gasteiger partial charge >= 0.3 is 6.01 Å². The molecule has 20 heavy (non-hydrogen) atoms. The number of hydrogen-bond donors (Lipinski definition) is 4. The first kappa shape index (κ1) is 14.3. The van der Waals surface area contributed by atoms with Gasteiger partial charge in [0.2, 0.25) is 17.8 Å². The number of nitrogen functional groups attached to an aromatic ring is 1. The summed E-state index contributed by atoms with van der Waals surface area (Å²) in [7, 11) is 0. The second-order valence-electron chi connectivity index (χ2n) is 4.49. The highest BCUT2D eigenvalue weighted by atomic mass is 16.5. The van der Waals surface area contributed by atoms with Gasteiger partial charge in [-0.2, -0.15) is 15.0 Å². The van der Waals surface area contributed by atoms with Crippen LogP contribution in [0.2, 0.25) is 0 Å². The summed E-state index contributed by atoms with van der Waals surface area (Å²) in [6.07, 6.45) is 2.08. The molecule has 1 atom stereocenters. The molecule has 0 radical (unpaired) electrons. The highest BCUT2D eigenvalue weighted by Crippen LogP contribution is 2.19. The highest BCUT2D eigenvalue weighted by Gasteiger charge is 2.26. The summed E-state index contributed by atoms with van der Waals surface area (Å²) >= 11 is 0. The zero-order valence-electron chi connectivity index (χ0n) is 11.5. The smallest absolute Gasteiger partial charge is 0.323 e. The van der Waals surface area contributed by atoms with Crippen LogP contribution in [0, 0.1) is 0 Å². The van der Waals surface area contributed by atoms with Crippen molar-refractivity contribution >= 4 is 17.8 Å². The zero-order chi connectivity index (χ0) is 14.5. The number of hydrogen-bond acceptors (Lipinski definition) is 8. The Labute approximate surface area is 116 Å². The topological polar surface area (TPSA) is 127 Å². The van der Waals surface area contributed by atoms with E-state index in [9.17, 15) is 4.79 Å². The lowest BCUT2D eigenvalue weighted by Crippen LogP contribution is -2.39. The molecule has 1 fully saturated rings. The molecule has 1 aromatic heterocycles. The van der Waals surface area contributed by atoms with Crippen molar-refractivity contribution in [2.45, 2.75) is 38.8 Å². The van der Waals surface area contributed by atoms with Gasteiger partial charge in [0, 0.05) is 6.04 Å². The minimum absolute atomic E-state index is 0.0897. The van der Waals surface area contributed by atoms with Crippen LogP contribution in [0.5, 0.6) is 6.01 Å². The van der Waals surface area contributed by atoms with Crippen molar-refractivity contribution in [1.82, 2.24) is 20.3 Å². The predicted molar refractivity (Wildman–Crippen MR) is 73.1 cm³/mol. The minimum Gasteiger partial charge on any atom is -0.464 e. The number of anilines is 2. The molecule has 1 aliphatic rings. The van der Waals surface area contributed by atoms with Crippen molar-refractivity contribution < 1.29 is 9.53 Å². The maximum absolute atomic E-state index is 11.8. The maximum Gasteiger partial charge on any atom is 0.323 e. The Kier molecular flexibility index (Phi) is 4.51. The Balaban J connectivity index is 2.02. The summed E-state index contributed by atoms with van der Waals surface area (Å²) < 4.78 is 5.21. The van der Waals surface area contributed by atoms with E-state index in [1.807, 2.05) is 6.92 Å². The first-order valence-corrected chi connectivity index (χ1v) is 6.54. The summed E-state index contributed by atoms with van der Waals surface area (Å²) in [5, 5.41) is 5.80. The molecular formula is C11H19N7O2. The van der Waals surface area contributed by atoms with E-state index in [0.717, 1.165) is 12.8 Å². The molecular weight excluding hydrogens is 262 g/mol. The number of carbonyl (C=O) groups is 1. The van der Waals surface area contributed by atoms with Crippen molar-refractivity contribution in [3.8, 4) is 6.01 Å². The van der Waals surface area contributed by atoms with Crippen LogP contribution < -0.4 is 26.6 Å². The van der Waals surface area contributed by atoms with Crippen LogP contribution >= 0.6 is 0 Å². The maximum atomic E-state index is 11.8. The van der Waals surface area contributed by atoms with Crippen molar-refractivity contribution in [2.24, 2.45) is 5.84 Å². The van der Waals surface area contributed by atoms with Crippen molar-refractivity contribution in [3.05, 3.63) is 0 Å². The van der Waals surface area contributed by atoms with Gasteiger partial charge in [-0.25, -0.2) is 5.84 Å². The molecule has 9 nitrogen and oxygen atoms in total. The van der Waals surface area contributed by atoms with Crippen LogP contribution in [0.3, 0.4) is 0 Å². The van der Waals surface area contributed by atoms with Crippen molar-refractivity contribution in [2.75, 3.05) is 17.3 Å². The molecule has 0 bridgehead atoms. The van der Waals surface area contributed by atoms with Crippen LogP contribution in [-0.2, 0) is 4.79 Å². The standard InChI is InChI=1S/C11H19N7O2/c1-3-20-11-16-9(15-10(17-11)18-12)13-6(2)8(19)14-7-4-5-7/h6-7H,3-5,12H2,1-2H3,(H,14,19)(H2,13,15,16,17,18). The van der Waals surface area contributed by atoms with Gasteiger partial charge in [0.1, 0.15) is 6.04 Å². The molecule has 9 heteroatoms. The molecule has 1 heterocycles. The molecule has 1 aliphatic carbocycles. The number of nitrogens with two attached hydrogens (primary N) is 1. The van der Waals surface area contributed by atoms with E-state index in [-0.39, 0.29) is 23.8 Å². The number of ether oxygens (including phenoxy) is 1. The number of amides is 1. The lowest BCUT2D eigenvalue weighted by atomic mass is 10.3. The normalized spacial score (nSPS) is 15.3. The molecule has 1 saturated carbocycles. The lowest BCUT2D eigenvalue weighted by molar-refractivity contribution is -0.121. The van der Waals surface area contributed by atoms with Crippen LogP contribution in [0.25, 0.3) is 0 Å². The van der Waals surface area contributed by atoms with Crippen LogP contribution in [-0.4, -0.2) is 39.5 Å². The summed E-state index contributed by atoms with van der Waals surface area (Å²) in [4.78, 5) is 23.9. The van der Waals surface area contributed by atoms with Gasteiger partial charge in [0.15, 0.2) is 0 Å². The summed E-state index contributed by atoms with van der Waals surface area (Å²) in [6.45, 7) is 3.97. The summed E-state index contributed by atoms with van der Waals surface area (Å²) in [6, 6.07) is -0.00350. The third kappa shape index (κ3) is 3.92. The largest absolute Gasteiger partial charge is 0.464 e. The molecule has 0 aliphatic heterocycles. The first-order valence-electron chi connectivity index (χ1n) is 6.54. The van der Waals surface area contributed by atoms with Gasteiger partial charge in [-0.15, -0.1) is 0 Å². The third-order valence-corrected chi connectivity index (χ3v) is 2.68. The number of nitrogens with one attached hydrogen (secondary N) is 3. The van der Waals surface area contributed by atoms with Gasteiger partial charge < -0.3 is 15.4 Å². The quantitative estimate of drug-likeness (QED) is 0.394. The Bertz CT molecular complexity index is 478. The van der Waals surface area contributed by atoms with Crippen molar-refractivity contribution in [3.63, 3.8) is 0 Å². The zero-order valence-corrected chi connectivity index (χ0v) is 11.5. The fourth-order valence-electron chi connectivity index (χ4n) is 1.49. The average Bonchev–Trinajstić information content (AvgIpc) is 3.22. The van der Waals surface area contributed by atoms with Crippen LogP contribution in [0.1, 0.15) is 26.7 Å². The minimum atomic E-state index is -0.460.